The van der Waals surface area contributed by atoms with Crippen molar-refractivity contribution in [3.63, 3.8) is 0 Å². The molecule has 0 aliphatic heterocycles. The standard InChI is InChI=1S/C11H23N3O2/c12-9-10(15)7-5-3-1-2-4-6-8-11(16)14-13/h1-9,12-13H2,(H,14,16). The van der Waals surface area contributed by atoms with Crippen molar-refractivity contribution in [2.75, 3.05) is 6.54 Å². The van der Waals surface area contributed by atoms with Gasteiger partial charge in [-0.2, -0.15) is 0 Å². The van der Waals surface area contributed by atoms with Crippen LogP contribution >= 0.6 is 0 Å². The zero-order chi connectivity index (χ0) is 12.2. The zero-order valence-electron chi connectivity index (χ0n) is 9.84. The van der Waals surface area contributed by atoms with Gasteiger partial charge in [0.15, 0.2) is 0 Å². The molecule has 94 valence electrons. The van der Waals surface area contributed by atoms with E-state index in [1.54, 1.807) is 0 Å². The number of hydrogen-bond acceptors (Lipinski definition) is 4. The van der Waals surface area contributed by atoms with E-state index in [0.29, 0.717) is 12.8 Å². The highest BCUT2D eigenvalue weighted by molar-refractivity contribution is 5.80. The van der Waals surface area contributed by atoms with Gasteiger partial charge in [0.05, 0.1) is 6.54 Å². The lowest BCUT2D eigenvalue weighted by Gasteiger charge is -2.01. The smallest absolute Gasteiger partial charge is 0.233 e. The summed E-state index contributed by atoms with van der Waals surface area (Å²) in [6.07, 6.45) is 7.24. The van der Waals surface area contributed by atoms with E-state index in [9.17, 15) is 9.59 Å². The van der Waals surface area contributed by atoms with Gasteiger partial charge in [-0.05, 0) is 12.8 Å². The lowest BCUT2D eigenvalue weighted by Crippen LogP contribution is -2.29. The van der Waals surface area contributed by atoms with Crippen molar-refractivity contribution in [3.8, 4) is 0 Å². The van der Waals surface area contributed by atoms with E-state index in [2.05, 4.69) is 5.43 Å². The molecule has 0 spiro atoms. The Morgan fingerprint density at radius 2 is 1.38 bits per heavy atom. The summed E-state index contributed by atoms with van der Waals surface area (Å²) < 4.78 is 0. The maximum Gasteiger partial charge on any atom is 0.233 e. The fourth-order valence-electron chi connectivity index (χ4n) is 1.49. The first-order chi connectivity index (χ1) is 7.70. The predicted octanol–water partition coefficient (Wildman–Crippen LogP) is 0.625. The number of Topliss-reactive ketones (excluding diaryl/α,β-unsaturated/α-hetero) is 1. The lowest BCUT2D eigenvalue weighted by atomic mass is 10.1. The first kappa shape index (κ1) is 15.1. The highest BCUT2D eigenvalue weighted by Crippen LogP contribution is 2.08. The van der Waals surface area contributed by atoms with Gasteiger partial charge in [-0.1, -0.05) is 25.7 Å². The van der Waals surface area contributed by atoms with Gasteiger partial charge in [0.2, 0.25) is 5.91 Å². The topological polar surface area (TPSA) is 98.2 Å². The Morgan fingerprint density at radius 3 is 1.88 bits per heavy atom. The fourth-order valence-corrected chi connectivity index (χ4v) is 1.49. The number of nitrogens with two attached hydrogens (primary N) is 2. The zero-order valence-corrected chi connectivity index (χ0v) is 9.84. The summed E-state index contributed by atoms with van der Waals surface area (Å²) in [6, 6.07) is 0. The molecule has 0 radical (unpaired) electrons. The number of carbonyl (C=O) groups is 2. The highest BCUT2D eigenvalue weighted by Gasteiger charge is 1.99. The summed E-state index contributed by atoms with van der Waals surface area (Å²) >= 11 is 0. The van der Waals surface area contributed by atoms with E-state index >= 15 is 0 Å². The summed E-state index contributed by atoms with van der Waals surface area (Å²) in [4.78, 5) is 21.6. The molecule has 0 aromatic carbocycles. The lowest BCUT2D eigenvalue weighted by molar-refractivity contribution is -0.121. The molecule has 0 aromatic rings. The number of carbonyl (C=O) groups excluding carboxylic acids is 2. The van der Waals surface area contributed by atoms with Gasteiger partial charge >= 0.3 is 0 Å². The second-order valence-corrected chi connectivity index (χ2v) is 3.93. The van der Waals surface area contributed by atoms with Gasteiger partial charge in [-0.3, -0.25) is 15.0 Å². The molecule has 0 atom stereocenters. The summed E-state index contributed by atoms with van der Waals surface area (Å²) in [5.74, 6) is 4.99. The third kappa shape index (κ3) is 9.61. The Kier molecular flexibility index (Phi) is 9.95. The molecule has 0 saturated heterocycles. The molecule has 5 N–H and O–H groups in total. The molecule has 0 bridgehead atoms. The Bertz CT molecular complexity index is 185. The van der Waals surface area contributed by atoms with Gasteiger partial charge in [0.25, 0.3) is 0 Å². The van der Waals surface area contributed by atoms with Crippen molar-refractivity contribution < 1.29 is 9.59 Å². The van der Waals surface area contributed by atoms with Crippen LogP contribution in [0, 0.1) is 0 Å². The third-order valence-electron chi connectivity index (χ3n) is 2.50. The van der Waals surface area contributed by atoms with Gasteiger partial charge < -0.3 is 5.73 Å². The number of ketones is 1. The van der Waals surface area contributed by atoms with Crippen molar-refractivity contribution in [1.29, 1.82) is 0 Å². The van der Waals surface area contributed by atoms with E-state index in [-0.39, 0.29) is 18.2 Å². The van der Waals surface area contributed by atoms with Crippen LogP contribution in [0.1, 0.15) is 51.4 Å². The Balaban J connectivity index is 3.10. The summed E-state index contributed by atoms with van der Waals surface area (Å²) in [5, 5.41) is 0. The number of unbranched alkanes of at least 4 members (excludes halogenated alkanes) is 5. The number of hydrazine groups is 1. The van der Waals surface area contributed by atoms with Gasteiger partial charge in [-0.25, -0.2) is 5.84 Å². The Hall–Kier alpha value is -0.940. The average Bonchev–Trinajstić information content (AvgIpc) is 2.31. The monoisotopic (exact) mass is 229 g/mol. The van der Waals surface area contributed by atoms with Crippen LogP contribution in [0.2, 0.25) is 0 Å². The Morgan fingerprint density at radius 1 is 0.875 bits per heavy atom. The van der Waals surface area contributed by atoms with E-state index in [4.69, 9.17) is 11.6 Å². The number of hydrogen-bond donors (Lipinski definition) is 3. The molecule has 0 saturated carbocycles. The Labute approximate surface area is 96.9 Å². The van der Waals surface area contributed by atoms with Crippen LogP contribution in [0.15, 0.2) is 0 Å². The second-order valence-electron chi connectivity index (χ2n) is 3.93. The van der Waals surface area contributed by atoms with Crippen molar-refractivity contribution in [1.82, 2.24) is 5.43 Å². The maximum atomic E-state index is 10.9. The molecule has 16 heavy (non-hydrogen) atoms. The normalized spacial score (nSPS) is 10.1. The molecular weight excluding hydrogens is 206 g/mol. The average molecular weight is 229 g/mol. The van der Waals surface area contributed by atoms with Crippen LogP contribution in [0.25, 0.3) is 0 Å². The van der Waals surface area contributed by atoms with Crippen molar-refractivity contribution in [2.45, 2.75) is 51.4 Å². The summed E-state index contributed by atoms with van der Waals surface area (Å²) in [6.45, 7) is 0.161. The molecule has 0 aliphatic carbocycles. The minimum absolute atomic E-state index is 0.103. The van der Waals surface area contributed by atoms with Crippen molar-refractivity contribution in [2.24, 2.45) is 11.6 Å². The van der Waals surface area contributed by atoms with Crippen molar-refractivity contribution in [3.05, 3.63) is 0 Å². The molecule has 0 unspecified atom stereocenters. The van der Waals surface area contributed by atoms with E-state index in [0.717, 1.165) is 38.5 Å². The minimum Gasteiger partial charge on any atom is -0.324 e. The summed E-state index contributed by atoms with van der Waals surface area (Å²) in [5.41, 5.74) is 7.30. The molecule has 0 aromatic heterocycles. The SMILES string of the molecule is NCC(=O)CCCCCCCCC(=O)NN. The van der Waals surface area contributed by atoms with E-state index in [1.165, 1.54) is 0 Å². The molecule has 0 heterocycles. The first-order valence-electron chi connectivity index (χ1n) is 5.92. The molecule has 5 heteroatoms. The largest absolute Gasteiger partial charge is 0.324 e. The van der Waals surface area contributed by atoms with Crippen LogP contribution in [-0.2, 0) is 9.59 Å². The van der Waals surface area contributed by atoms with Crippen LogP contribution in [-0.4, -0.2) is 18.2 Å². The minimum atomic E-state index is -0.103. The van der Waals surface area contributed by atoms with E-state index < -0.39 is 0 Å². The van der Waals surface area contributed by atoms with Gasteiger partial charge in [0, 0.05) is 12.8 Å². The first-order valence-corrected chi connectivity index (χ1v) is 5.92. The molecular formula is C11H23N3O2. The van der Waals surface area contributed by atoms with E-state index in [1.807, 2.05) is 0 Å². The third-order valence-corrected chi connectivity index (χ3v) is 2.50. The van der Waals surface area contributed by atoms with Gasteiger partial charge in [0.1, 0.15) is 5.78 Å². The molecule has 0 rings (SSSR count). The van der Waals surface area contributed by atoms with Crippen LogP contribution in [0.4, 0.5) is 0 Å². The molecule has 5 nitrogen and oxygen atoms in total. The number of rotatable bonds is 10. The quantitative estimate of drug-likeness (QED) is 0.221. The highest BCUT2D eigenvalue weighted by atomic mass is 16.2. The van der Waals surface area contributed by atoms with Crippen LogP contribution in [0.5, 0.6) is 0 Å². The second kappa shape index (κ2) is 10.6. The van der Waals surface area contributed by atoms with Crippen molar-refractivity contribution >= 4 is 11.7 Å². The fraction of sp³-hybridized carbons (Fsp3) is 0.818. The molecule has 0 fully saturated rings. The molecule has 0 aliphatic rings. The van der Waals surface area contributed by atoms with Crippen LogP contribution < -0.4 is 17.0 Å². The number of nitrogens with one attached hydrogen (secondary N) is 1. The summed E-state index contributed by atoms with van der Waals surface area (Å²) in [7, 11) is 0. The maximum absolute atomic E-state index is 10.9. The van der Waals surface area contributed by atoms with Gasteiger partial charge in [-0.15, -0.1) is 0 Å². The van der Waals surface area contributed by atoms with Crippen LogP contribution in [0.3, 0.4) is 0 Å². The number of amides is 1. The predicted molar refractivity (Wildman–Crippen MR) is 63.3 cm³/mol. The molecule has 1 amide bonds.